The standard InChI is InChI=1S/C14H17F3N2O.ClH/c15-14(16,17)12-5-3-11(4-6-12)8-19-13(20)9-18-7-10-1-2-10;/h3-6,10,18H,1-2,7-9H2,(H,19,20);1H. The summed E-state index contributed by atoms with van der Waals surface area (Å²) in [6.45, 7) is 1.34. The number of carbonyl (C=O) groups excluding carboxylic acids is 1. The second kappa shape index (κ2) is 7.66. The minimum Gasteiger partial charge on any atom is -0.351 e. The van der Waals surface area contributed by atoms with Gasteiger partial charge in [0.25, 0.3) is 0 Å². The molecule has 1 aliphatic rings. The van der Waals surface area contributed by atoms with Crippen LogP contribution in [0.1, 0.15) is 24.0 Å². The molecule has 0 heterocycles. The Kier molecular flexibility index (Phi) is 6.48. The van der Waals surface area contributed by atoms with Gasteiger partial charge in [-0.1, -0.05) is 12.1 Å². The Morgan fingerprint density at radius 1 is 1.19 bits per heavy atom. The zero-order valence-electron chi connectivity index (χ0n) is 11.4. The number of hydrogen-bond donors (Lipinski definition) is 2. The molecule has 0 saturated heterocycles. The van der Waals surface area contributed by atoms with Crippen LogP contribution < -0.4 is 10.6 Å². The van der Waals surface area contributed by atoms with Crippen molar-refractivity contribution in [2.75, 3.05) is 13.1 Å². The van der Waals surface area contributed by atoms with Gasteiger partial charge >= 0.3 is 6.18 Å². The van der Waals surface area contributed by atoms with E-state index in [1.165, 1.54) is 25.0 Å². The number of hydrogen-bond acceptors (Lipinski definition) is 2. The van der Waals surface area contributed by atoms with Gasteiger partial charge in [-0.2, -0.15) is 13.2 Å². The predicted molar refractivity (Wildman–Crippen MR) is 76.1 cm³/mol. The van der Waals surface area contributed by atoms with Crippen LogP contribution in [0.15, 0.2) is 24.3 Å². The van der Waals surface area contributed by atoms with Crippen molar-refractivity contribution < 1.29 is 18.0 Å². The molecule has 0 aromatic heterocycles. The molecule has 0 radical (unpaired) electrons. The number of alkyl halides is 3. The number of rotatable bonds is 6. The smallest absolute Gasteiger partial charge is 0.351 e. The van der Waals surface area contributed by atoms with Gasteiger partial charge in [0.1, 0.15) is 0 Å². The van der Waals surface area contributed by atoms with Crippen molar-refractivity contribution in [3.05, 3.63) is 35.4 Å². The average Bonchev–Trinajstić information content (AvgIpc) is 3.20. The molecule has 1 aromatic carbocycles. The highest BCUT2D eigenvalue weighted by Crippen LogP contribution is 2.29. The van der Waals surface area contributed by atoms with Crippen molar-refractivity contribution in [1.82, 2.24) is 10.6 Å². The largest absolute Gasteiger partial charge is 0.416 e. The minimum atomic E-state index is -4.32. The molecule has 3 nitrogen and oxygen atoms in total. The molecule has 0 atom stereocenters. The Bertz CT molecular complexity index is 458. The van der Waals surface area contributed by atoms with E-state index in [4.69, 9.17) is 0 Å². The summed E-state index contributed by atoms with van der Waals surface area (Å²) in [4.78, 5) is 11.5. The van der Waals surface area contributed by atoms with Crippen LogP contribution in [0.2, 0.25) is 0 Å². The molecule has 1 aromatic rings. The lowest BCUT2D eigenvalue weighted by molar-refractivity contribution is -0.137. The molecule has 21 heavy (non-hydrogen) atoms. The maximum Gasteiger partial charge on any atom is 0.416 e. The lowest BCUT2D eigenvalue weighted by Gasteiger charge is -2.09. The van der Waals surface area contributed by atoms with Crippen LogP contribution in [0.25, 0.3) is 0 Å². The molecule has 7 heteroatoms. The summed E-state index contributed by atoms with van der Waals surface area (Å²) in [6, 6.07) is 4.79. The van der Waals surface area contributed by atoms with Crippen LogP contribution >= 0.6 is 12.4 Å². The molecule has 1 amide bonds. The van der Waals surface area contributed by atoms with E-state index in [-0.39, 0.29) is 31.4 Å². The third-order valence-corrected chi connectivity index (χ3v) is 3.19. The van der Waals surface area contributed by atoms with Crippen molar-refractivity contribution in [3.8, 4) is 0 Å². The summed E-state index contributed by atoms with van der Waals surface area (Å²) in [5.41, 5.74) is -0.0350. The molecule has 2 rings (SSSR count). The maximum atomic E-state index is 12.4. The third-order valence-electron chi connectivity index (χ3n) is 3.19. The predicted octanol–water partition coefficient (Wildman–Crippen LogP) is 2.74. The van der Waals surface area contributed by atoms with Gasteiger partial charge in [0.2, 0.25) is 5.91 Å². The summed E-state index contributed by atoms with van der Waals surface area (Å²) in [6.07, 6.45) is -1.88. The molecular formula is C14H18ClF3N2O. The molecule has 0 bridgehead atoms. The molecule has 0 unspecified atom stereocenters. The topological polar surface area (TPSA) is 41.1 Å². The number of nitrogens with one attached hydrogen (secondary N) is 2. The maximum absolute atomic E-state index is 12.4. The fourth-order valence-electron chi connectivity index (χ4n) is 1.79. The van der Waals surface area contributed by atoms with Gasteiger partial charge in [0.05, 0.1) is 12.1 Å². The van der Waals surface area contributed by atoms with Crippen molar-refractivity contribution in [2.24, 2.45) is 5.92 Å². The second-order valence-electron chi connectivity index (χ2n) is 5.05. The molecule has 1 saturated carbocycles. The summed E-state index contributed by atoms with van der Waals surface area (Å²) in [7, 11) is 0. The monoisotopic (exact) mass is 322 g/mol. The molecular weight excluding hydrogens is 305 g/mol. The highest BCUT2D eigenvalue weighted by Gasteiger charge is 2.29. The third kappa shape index (κ3) is 6.35. The van der Waals surface area contributed by atoms with E-state index in [1.807, 2.05) is 0 Å². The van der Waals surface area contributed by atoms with Gasteiger partial charge in [0, 0.05) is 6.54 Å². The number of halogens is 4. The highest BCUT2D eigenvalue weighted by atomic mass is 35.5. The number of carbonyl (C=O) groups is 1. The summed E-state index contributed by atoms with van der Waals surface area (Å²) in [5.74, 6) is 0.559. The van der Waals surface area contributed by atoms with Gasteiger partial charge < -0.3 is 10.6 Å². The lowest BCUT2D eigenvalue weighted by atomic mass is 10.1. The normalized spacial score (nSPS) is 14.4. The first-order chi connectivity index (χ1) is 9.45. The first kappa shape index (κ1) is 17.8. The molecule has 118 valence electrons. The zero-order chi connectivity index (χ0) is 14.6. The van der Waals surface area contributed by atoms with Crippen LogP contribution in [0.4, 0.5) is 13.2 Å². The summed E-state index contributed by atoms with van der Waals surface area (Å²) in [5, 5.41) is 5.72. The molecule has 0 spiro atoms. The Morgan fingerprint density at radius 3 is 2.33 bits per heavy atom. The van der Waals surface area contributed by atoms with Gasteiger partial charge in [-0.15, -0.1) is 12.4 Å². The van der Waals surface area contributed by atoms with E-state index in [0.717, 1.165) is 18.7 Å². The Labute approximate surface area is 127 Å². The van der Waals surface area contributed by atoms with Gasteiger partial charge in [-0.25, -0.2) is 0 Å². The van der Waals surface area contributed by atoms with Gasteiger partial charge in [-0.05, 0) is 43.0 Å². The van der Waals surface area contributed by atoms with Gasteiger partial charge in [0.15, 0.2) is 0 Å². The first-order valence-electron chi connectivity index (χ1n) is 6.58. The molecule has 0 aliphatic heterocycles. The summed E-state index contributed by atoms with van der Waals surface area (Å²) >= 11 is 0. The summed E-state index contributed by atoms with van der Waals surface area (Å²) < 4.78 is 37.1. The highest BCUT2D eigenvalue weighted by molar-refractivity contribution is 5.85. The molecule has 1 fully saturated rings. The molecule has 1 aliphatic carbocycles. The fraction of sp³-hybridized carbons (Fsp3) is 0.500. The Hall–Kier alpha value is -1.27. The van der Waals surface area contributed by atoms with Crippen LogP contribution in [0.5, 0.6) is 0 Å². The first-order valence-corrected chi connectivity index (χ1v) is 6.58. The van der Waals surface area contributed by atoms with Gasteiger partial charge in [-0.3, -0.25) is 4.79 Å². The van der Waals surface area contributed by atoms with Crippen molar-refractivity contribution in [1.29, 1.82) is 0 Å². The minimum absolute atomic E-state index is 0. The van der Waals surface area contributed by atoms with Crippen molar-refractivity contribution in [2.45, 2.75) is 25.6 Å². The van der Waals surface area contributed by atoms with Crippen molar-refractivity contribution >= 4 is 18.3 Å². The number of benzene rings is 1. The van der Waals surface area contributed by atoms with Crippen molar-refractivity contribution in [3.63, 3.8) is 0 Å². The van der Waals surface area contributed by atoms with E-state index < -0.39 is 11.7 Å². The van der Waals surface area contributed by atoms with E-state index in [1.54, 1.807) is 0 Å². The van der Waals surface area contributed by atoms with E-state index in [0.29, 0.717) is 11.5 Å². The molecule has 2 N–H and O–H groups in total. The average molecular weight is 323 g/mol. The Morgan fingerprint density at radius 2 is 1.81 bits per heavy atom. The quantitative estimate of drug-likeness (QED) is 0.845. The lowest BCUT2D eigenvalue weighted by Crippen LogP contribution is -2.34. The van der Waals surface area contributed by atoms with Crippen LogP contribution in [0.3, 0.4) is 0 Å². The van der Waals surface area contributed by atoms with Crippen LogP contribution in [0, 0.1) is 5.92 Å². The number of amides is 1. The van der Waals surface area contributed by atoms with E-state index >= 15 is 0 Å². The van der Waals surface area contributed by atoms with Crippen LogP contribution in [-0.4, -0.2) is 19.0 Å². The zero-order valence-corrected chi connectivity index (χ0v) is 12.2. The van der Waals surface area contributed by atoms with E-state index in [9.17, 15) is 18.0 Å². The Balaban J connectivity index is 0.00000220. The fourth-order valence-corrected chi connectivity index (χ4v) is 1.79. The second-order valence-corrected chi connectivity index (χ2v) is 5.05. The SMILES string of the molecule is Cl.O=C(CNCC1CC1)NCc1ccc(C(F)(F)F)cc1. The van der Waals surface area contributed by atoms with Crippen LogP contribution in [-0.2, 0) is 17.5 Å². The van der Waals surface area contributed by atoms with E-state index in [2.05, 4.69) is 10.6 Å².